The van der Waals surface area contributed by atoms with Crippen LogP contribution in [0.3, 0.4) is 0 Å². The van der Waals surface area contributed by atoms with Crippen LogP contribution in [-0.4, -0.2) is 63.4 Å². The van der Waals surface area contributed by atoms with Crippen LogP contribution in [0.25, 0.3) is 11.4 Å². The zero-order chi connectivity index (χ0) is 23.0. The van der Waals surface area contributed by atoms with Crippen LogP contribution in [0.4, 0.5) is 0 Å². The van der Waals surface area contributed by atoms with Crippen LogP contribution >= 0.6 is 11.8 Å². The number of carbonyl (C=O) groups is 1. The van der Waals surface area contributed by atoms with Crippen molar-refractivity contribution in [3.63, 3.8) is 0 Å². The number of sulfone groups is 1. The van der Waals surface area contributed by atoms with Crippen LogP contribution in [0.1, 0.15) is 46.6 Å². The summed E-state index contributed by atoms with van der Waals surface area (Å²) in [5.74, 6) is 6.82. The molecule has 0 radical (unpaired) electrons. The smallest absolute Gasteiger partial charge is 0.236 e. The molecule has 8 nitrogen and oxygen atoms in total. The SMILES string of the molecule is CCN(C(=O)C(C)Sc1nnc(-c2ccc(C(C)(C)C)cc2)n1N)C1CCS(=O)(=O)C1. The Morgan fingerprint density at radius 3 is 2.45 bits per heavy atom. The fraction of sp³-hybridized carbons (Fsp3) is 0.571. The molecule has 2 atom stereocenters. The Balaban J connectivity index is 1.73. The molecule has 1 aliphatic rings. The molecule has 2 aromatic rings. The zero-order valence-electron chi connectivity index (χ0n) is 18.7. The van der Waals surface area contributed by atoms with E-state index in [0.29, 0.717) is 23.9 Å². The highest BCUT2D eigenvalue weighted by atomic mass is 32.2. The van der Waals surface area contributed by atoms with Gasteiger partial charge in [-0.15, -0.1) is 10.2 Å². The Morgan fingerprint density at radius 1 is 1.29 bits per heavy atom. The van der Waals surface area contributed by atoms with Crippen molar-refractivity contribution in [2.45, 2.75) is 62.9 Å². The summed E-state index contributed by atoms with van der Waals surface area (Å²) in [6.45, 7) is 10.6. The maximum Gasteiger partial charge on any atom is 0.236 e. The number of thioether (sulfide) groups is 1. The Morgan fingerprint density at radius 2 is 1.94 bits per heavy atom. The first kappa shape index (κ1) is 23.6. The van der Waals surface area contributed by atoms with E-state index >= 15 is 0 Å². The van der Waals surface area contributed by atoms with Gasteiger partial charge in [0.05, 0.1) is 16.8 Å². The molecule has 2 N–H and O–H groups in total. The molecule has 1 saturated heterocycles. The van der Waals surface area contributed by atoms with Crippen molar-refractivity contribution < 1.29 is 13.2 Å². The second-order valence-corrected chi connectivity index (χ2v) is 12.5. The molecule has 170 valence electrons. The zero-order valence-corrected chi connectivity index (χ0v) is 20.3. The number of hydrogen-bond acceptors (Lipinski definition) is 7. The molecule has 3 rings (SSSR count). The van der Waals surface area contributed by atoms with Gasteiger partial charge in [0.15, 0.2) is 15.7 Å². The minimum atomic E-state index is -3.06. The number of nitrogens with two attached hydrogens (primary N) is 1. The van der Waals surface area contributed by atoms with E-state index in [0.717, 1.165) is 5.56 Å². The normalized spacial score (nSPS) is 19.3. The van der Waals surface area contributed by atoms with Gasteiger partial charge in [-0.3, -0.25) is 4.79 Å². The molecule has 0 spiro atoms. The van der Waals surface area contributed by atoms with E-state index in [1.807, 2.05) is 19.1 Å². The first-order valence-electron chi connectivity index (χ1n) is 10.4. The number of benzene rings is 1. The predicted molar refractivity (Wildman–Crippen MR) is 124 cm³/mol. The second-order valence-electron chi connectivity index (χ2n) is 8.94. The average Bonchev–Trinajstić information content (AvgIpc) is 3.24. The number of hydrogen-bond donors (Lipinski definition) is 1. The van der Waals surface area contributed by atoms with Crippen LogP contribution in [-0.2, 0) is 20.0 Å². The molecule has 1 aromatic heterocycles. The largest absolute Gasteiger partial charge is 0.338 e. The Kier molecular flexibility index (Phi) is 6.71. The number of carbonyl (C=O) groups excluding carboxylic acids is 1. The number of amides is 1. The molecule has 0 aliphatic carbocycles. The first-order chi connectivity index (χ1) is 14.4. The Hall–Kier alpha value is -2.07. The lowest BCUT2D eigenvalue weighted by Gasteiger charge is -2.29. The number of rotatable bonds is 6. The summed E-state index contributed by atoms with van der Waals surface area (Å²) in [4.78, 5) is 14.7. The van der Waals surface area contributed by atoms with Gasteiger partial charge in [-0.2, -0.15) is 0 Å². The average molecular weight is 466 g/mol. The van der Waals surface area contributed by atoms with Crippen molar-refractivity contribution in [1.82, 2.24) is 19.8 Å². The number of nitrogen functional groups attached to an aromatic ring is 1. The van der Waals surface area contributed by atoms with E-state index in [1.54, 1.807) is 11.8 Å². The van der Waals surface area contributed by atoms with Crippen molar-refractivity contribution in [2.75, 3.05) is 23.9 Å². The highest BCUT2D eigenvalue weighted by Crippen LogP contribution is 2.29. The topological polar surface area (TPSA) is 111 Å². The third kappa shape index (κ3) is 5.23. The summed E-state index contributed by atoms with van der Waals surface area (Å²) in [5.41, 5.74) is 2.11. The molecule has 1 aliphatic heterocycles. The lowest BCUT2D eigenvalue weighted by Crippen LogP contribution is -2.44. The van der Waals surface area contributed by atoms with Crippen LogP contribution in [0.2, 0.25) is 0 Å². The lowest BCUT2D eigenvalue weighted by atomic mass is 9.87. The molecule has 10 heteroatoms. The van der Waals surface area contributed by atoms with Gasteiger partial charge in [-0.25, -0.2) is 13.1 Å². The summed E-state index contributed by atoms with van der Waals surface area (Å²) in [5, 5.41) is 8.36. The van der Waals surface area contributed by atoms with Crippen molar-refractivity contribution in [2.24, 2.45) is 0 Å². The van der Waals surface area contributed by atoms with Gasteiger partial charge in [0, 0.05) is 18.2 Å². The summed E-state index contributed by atoms with van der Waals surface area (Å²) < 4.78 is 25.0. The van der Waals surface area contributed by atoms with Crippen LogP contribution in [0.5, 0.6) is 0 Å². The predicted octanol–water partition coefficient (Wildman–Crippen LogP) is 2.47. The highest BCUT2D eigenvalue weighted by molar-refractivity contribution is 8.00. The third-order valence-corrected chi connectivity index (χ3v) is 8.37. The van der Waals surface area contributed by atoms with Crippen molar-refractivity contribution in [3.05, 3.63) is 29.8 Å². The molecular weight excluding hydrogens is 434 g/mol. The Labute approximate surface area is 188 Å². The summed E-state index contributed by atoms with van der Waals surface area (Å²) in [6.07, 6.45) is 0.487. The van der Waals surface area contributed by atoms with E-state index in [9.17, 15) is 13.2 Å². The van der Waals surface area contributed by atoms with Crippen LogP contribution < -0.4 is 5.84 Å². The molecule has 0 bridgehead atoms. The van der Waals surface area contributed by atoms with Crippen molar-refractivity contribution in [3.8, 4) is 11.4 Å². The van der Waals surface area contributed by atoms with Gasteiger partial charge in [-0.05, 0) is 31.2 Å². The van der Waals surface area contributed by atoms with E-state index < -0.39 is 15.1 Å². The molecule has 1 aromatic carbocycles. The quantitative estimate of drug-likeness (QED) is 0.515. The third-order valence-electron chi connectivity index (χ3n) is 5.58. The van der Waals surface area contributed by atoms with E-state index in [4.69, 9.17) is 5.84 Å². The summed E-state index contributed by atoms with van der Waals surface area (Å²) in [7, 11) is -3.06. The number of aromatic nitrogens is 3. The maximum absolute atomic E-state index is 13.0. The van der Waals surface area contributed by atoms with Gasteiger partial charge in [0.25, 0.3) is 0 Å². The first-order valence-corrected chi connectivity index (χ1v) is 13.1. The summed E-state index contributed by atoms with van der Waals surface area (Å²) in [6, 6.07) is 7.78. The molecule has 2 heterocycles. The lowest BCUT2D eigenvalue weighted by molar-refractivity contribution is -0.131. The fourth-order valence-electron chi connectivity index (χ4n) is 3.73. The molecule has 2 unspecified atom stereocenters. The monoisotopic (exact) mass is 465 g/mol. The van der Waals surface area contributed by atoms with E-state index in [-0.39, 0.29) is 28.9 Å². The van der Waals surface area contributed by atoms with E-state index in [2.05, 4.69) is 43.1 Å². The Bertz CT molecular complexity index is 1040. The van der Waals surface area contributed by atoms with Gasteiger partial charge in [0.2, 0.25) is 11.1 Å². The molecule has 1 amide bonds. The highest BCUT2D eigenvalue weighted by Gasteiger charge is 2.35. The summed E-state index contributed by atoms with van der Waals surface area (Å²) >= 11 is 1.23. The molecule has 1 fully saturated rings. The second kappa shape index (κ2) is 8.82. The minimum absolute atomic E-state index is 0.0335. The standard InChI is InChI=1S/C21H31N5O3S2/c1-6-25(17-11-12-31(28,29)13-17)19(27)14(2)30-20-24-23-18(26(20)22)15-7-9-16(10-8-15)21(3,4)5/h7-10,14,17H,6,11-13,22H2,1-5H3. The maximum atomic E-state index is 13.0. The van der Waals surface area contributed by atoms with Crippen LogP contribution in [0, 0.1) is 0 Å². The molecular formula is C21H31N5O3S2. The molecule has 0 saturated carbocycles. The van der Waals surface area contributed by atoms with Gasteiger partial charge >= 0.3 is 0 Å². The van der Waals surface area contributed by atoms with Gasteiger partial charge in [0.1, 0.15) is 0 Å². The molecule has 31 heavy (non-hydrogen) atoms. The van der Waals surface area contributed by atoms with Crippen molar-refractivity contribution in [1.29, 1.82) is 0 Å². The fourth-order valence-corrected chi connectivity index (χ4v) is 6.30. The minimum Gasteiger partial charge on any atom is -0.338 e. The van der Waals surface area contributed by atoms with Crippen molar-refractivity contribution >= 4 is 27.5 Å². The van der Waals surface area contributed by atoms with Gasteiger partial charge < -0.3 is 10.7 Å². The van der Waals surface area contributed by atoms with E-state index in [1.165, 1.54) is 22.0 Å². The van der Waals surface area contributed by atoms with Gasteiger partial charge in [-0.1, -0.05) is 56.8 Å². The number of nitrogens with zero attached hydrogens (tertiary/aromatic N) is 4. The van der Waals surface area contributed by atoms with Crippen LogP contribution in [0.15, 0.2) is 29.4 Å².